The predicted molar refractivity (Wildman–Crippen MR) is 92.0 cm³/mol. The fourth-order valence-electron chi connectivity index (χ4n) is 2.60. The first-order valence-electron chi connectivity index (χ1n) is 7.04. The van der Waals surface area contributed by atoms with Gasteiger partial charge in [0.2, 0.25) is 0 Å². The van der Waals surface area contributed by atoms with Gasteiger partial charge in [0.15, 0.2) is 5.11 Å². The Morgan fingerprint density at radius 1 is 1.18 bits per heavy atom. The third-order valence-corrected chi connectivity index (χ3v) is 3.93. The molecule has 22 heavy (non-hydrogen) atoms. The monoisotopic (exact) mass is 311 g/mol. The molecule has 1 unspecified atom stereocenters. The van der Waals surface area contributed by atoms with Crippen LogP contribution >= 0.6 is 12.2 Å². The Morgan fingerprint density at radius 2 is 1.86 bits per heavy atom. The van der Waals surface area contributed by atoms with Crippen LogP contribution in [0.4, 0.5) is 0 Å². The van der Waals surface area contributed by atoms with E-state index in [4.69, 9.17) is 22.7 Å². The molecule has 0 amide bonds. The van der Waals surface area contributed by atoms with E-state index in [0.29, 0.717) is 0 Å². The third-order valence-electron chi connectivity index (χ3n) is 3.74. The minimum Gasteiger partial charge on any atom is -0.497 e. The lowest BCUT2D eigenvalue weighted by molar-refractivity contribution is 0.371. The predicted octanol–water partition coefficient (Wildman–Crippen LogP) is 3.09. The summed E-state index contributed by atoms with van der Waals surface area (Å²) in [5.74, 6) is 0.827. The van der Waals surface area contributed by atoms with Gasteiger partial charge in [-0.2, -0.15) is 5.10 Å². The summed E-state index contributed by atoms with van der Waals surface area (Å²) in [6.45, 7) is 0. The molecule has 2 N–H and O–H groups in total. The average molecular weight is 311 g/mol. The molecular formula is C17H17N3OS. The van der Waals surface area contributed by atoms with Gasteiger partial charge in [-0.15, -0.1) is 0 Å². The van der Waals surface area contributed by atoms with Crippen LogP contribution in [0.3, 0.4) is 0 Å². The van der Waals surface area contributed by atoms with Crippen LogP contribution < -0.4 is 10.5 Å². The smallest absolute Gasteiger partial charge is 0.187 e. The van der Waals surface area contributed by atoms with E-state index in [-0.39, 0.29) is 11.2 Å². The Morgan fingerprint density at radius 3 is 2.45 bits per heavy atom. The number of hydrogen-bond acceptors (Lipinski definition) is 3. The van der Waals surface area contributed by atoms with E-state index in [9.17, 15) is 0 Å². The van der Waals surface area contributed by atoms with Crippen LogP contribution in [0.25, 0.3) is 0 Å². The quantitative estimate of drug-likeness (QED) is 0.885. The van der Waals surface area contributed by atoms with Crippen molar-refractivity contribution in [1.29, 1.82) is 0 Å². The zero-order valence-electron chi connectivity index (χ0n) is 12.3. The van der Waals surface area contributed by atoms with Gasteiger partial charge in [-0.25, -0.2) is 5.01 Å². The van der Waals surface area contributed by atoms with Crippen LogP contribution in [0.5, 0.6) is 5.75 Å². The summed E-state index contributed by atoms with van der Waals surface area (Å²) in [6.07, 6.45) is 0.772. The number of ether oxygens (including phenoxy) is 1. The third kappa shape index (κ3) is 2.80. The fraction of sp³-hybridized carbons (Fsp3) is 0.176. The van der Waals surface area contributed by atoms with Crippen molar-refractivity contribution in [2.24, 2.45) is 10.8 Å². The Labute approximate surface area is 135 Å². The Balaban J connectivity index is 1.90. The minimum absolute atomic E-state index is 0.0265. The van der Waals surface area contributed by atoms with Crippen LogP contribution in [-0.4, -0.2) is 22.9 Å². The SMILES string of the molecule is COc1ccc(C2CC(c3ccccc3)=NN2C(N)=S)cc1. The molecule has 2 aromatic carbocycles. The van der Waals surface area contributed by atoms with Gasteiger partial charge in [0, 0.05) is 6.42 Å². The van der Waals surface area contributed by atoms with Crippen molar-refractivity contribution in [1.82, 2.24) is 5.01 Å². The molecule has 5 heteroatoms. The van der Waals surface area contributed by atoms with Gasteiger partial charge in [0.25, 0.3) is 0 Å². The highest BCUT2D eigenvalue weighted by Crippen LogP contribution is 2.33. The van der Waals surface area contributed by atoms with Gasteiger partial charge in [-0.05, 0) is 35.5 Å². The highest BCUT2D eigenvalue weighted by Gasteiger charge is 2.30. The molecule has 0 saturated carbocycles. The summed E-state index contributed by atoms with van der Waals surface area (Å²) in [7, 11) is 1.66. The Kier molecular flexibility index (Phi) is 4.06. The van der Waals surface area contributed by atoms with Gasteiger partial charge in [0.1, 0.15) is 5.75 Å². The van der Waals surface area contributed by atoms with Crippen LogP contribution in [0, 0.1) is 0 Å². The van der Waals surface area contributed by atoms with E-state index >= 15 is 0 Å². The van der Waals surface area contributed by atoms with Gasteiger partial charge in [-0.3, -0.25) is 0 Å². The maximum Gasteiger partial charge on any atom is 0.187 e. The number of methoxy groups -OCH3 is 1. The summed E-state index contributed by atoms with van der Waals surface area (Å²) in [6, 6.07) is 18.1. The van der Waals surface area contributed by atoms with E-state index in [1.807, 2.05) is 54.6 Å². The molecule has 3 rings (SSSR count). The number of thiocarbonyl (C=S) groups is 1. The first-order valence-corrected chi connectivity index (χ1v) is 7.45. The van der Waals surface area contributed by atoms with Crippen molar-refractivity contribution in [2.75, 3.05) is 7.11 Å². The molecule has 0 radical (unpaired) electrons. The molecule has 0 spiro atoms. The Bertz CT molecular complexity index is 698. The molecule has 2 aromatic rings. The summed E-state index contributed by atoms with van der Waals surface area (Å²) < 4.78 is 5.20. The van der Waals surface area contributed by atoms with Gasteiger partial charge in [-0.1, -0.05) is 42.5 Å². The molecule has 1 aliphatic heterocycles. The highest BCUT2D eigenvalue weighted by atomic mass is 32.1. The van der Waals surface area contributed by atoms with Crippen LogP contribution in [0.2, 0.25) is 0 Å². The van der Waals surface area contributed by atoms with Crippen molar-refractivity contribution in [3.8, 4) is 5.75 Å². The first-order chi connectivity index (χ1) is 10.7. The maximum absolute atomic E-state index is 5.85. The average Bonchev–Trinajstić information content (AvgIpc) is 3.01. The minimum atomic E-state index is 0.0265. The number of rotatable bonds is 3. The van der Waals surface area contributed by atoms with Crippen LogP contribution in [-0.2, 0) is 0 Å². The molecule has 1 atom stereocenters. The maximum atomic E-state index is 5.85. The molecule has 0 bridgehead atoms. The zero-order valence-corrected chi connectivity index (χ0v) is 13.1. The molecule has 0 saturated heterocycles. The van der Waals surface area contributed by atoms with Crippen LogP contribution in [0.1, 0.15) is 23.6 Å². The number of hydrogen-bond donors (Lipinski definition) is 1. The number of nitrogens with zero attached hydrogens (tertiary/aromatic N) is 2. The van der Waals surface area contributed by atoms with Gasteiger partial charge in [0.05, 0.1) is 18.9 Å². The van der Waals surface area contributed by atoms with Crippen LogP contribution in [0.15, 0.2) is 59.7 Å². The van der Waals surface area contributed by atoms with E-state index in [0.717, 1.165) is 29.0 Å². The lowest BCUT2D eigenvalue weighted by Gasteiger charge is -2.22. The standard InChI is InChI=1S/C17H17N3OS/c1-21-14-9-7-13(8-10-14)16-11-15(19-20(16)17(18)22)12-5-3-2-4-6-12/h2-10,16H,11H2,1H3,(H2,18,22). The second-order valence-electron chi connectivity index (χ2n) is 5.09. The fourth-order valence-corrected chi connectivity index (χ4v) is 2.77. The summed E-state index contributed by atoms with van der Waals surface area (Å²) in [5.41, 5.74) is 9.05. The largest absolute Gasteiger partial charge is 0.497 e. The van der Waals surface area contributed by atoms with Crippen molar-refractivity contribution in [3.63, 3.8) is 0 Å². The molecule has 1 aliphatic rings. The lowest BCUT2D eigenvalue weighted by atomic mass is 9.98. The summed E-state index contributed by atoms with van der Waals surface area (Å²) >= 11 is 5.16. The van der Waals surface area contributed by atoms with Crippen molar-refractivity contribution in [2.45, 2.75) is 12.5 Å². The van der Waals surface area contributed by atoms with Gasteiger partial charge < -0.3 is 10.5 Å². The number of nitrogens with two attached hydrogens (primary N) is 1. The normalized spacial score (nSPS) is 17.2. The van der Waals surface area contributed by atoms with Crippen molar-refractivity contribution in [3.05, 3.63) is 65.7 Å². The molecule has 0 aromatic heterocycles. The first kappa shape index (κ1) is 14.5. The molecule has 4 nitrogen and oxygen atoms in total. The van der Waals surface area contributed by atoms with E-state index in [1.165, 1.54) is 0 Å². The molecular weight excluding hydrogens is 294 g/mol. The summed E-state index contributed by atoms with van der Waals surface area (Å²) in [5, 5.41) is 6.62. The number of hydrazone groups is 1. The van der Waals surface area contributed by atoms with E-state index < -0.39 is 0 Å². The molecule has 0 aliphatic carbocycles. The van der Waals surface area contributed by atoms with Gasteiger partial charge >= 0.3 is 0 Å². The number of benzene rings is 2. The second-order valence-corrected chi connectivity index (χ2v) is 5.51. The lowest BCUT2D eigenvalue weighted by Crippen LogP contribution is -2.31. The second kappa shape index (κ2) is 6.15. The summed E-state index contributed by atoms with van der Waals surface area (Å²) in [4.78, 5) is 0. The topological polar surface area (TPSA) is 50.8 Å². The zero-order chi connectivity index (χ0) is 15.5. The highest BCUT2D eigenvalue weighted by molar-refractivity contribution is 7.80. The molecule has 1 heterocycles. The molecule has 112 valence electrons. The van der Waals surface area contributed by atoms with E-state index in [2.05, 4.69) is 5.10 Å². The molecule has 0 fully saturated rings. The van der Waals surface area contributed by atoms with Crippen molar-refractivity contribution < 1.29 is 4.74 Å². The van der Waals surface area contributed by atoms with Crippen molar-refractivity contribution >= 4 is 23.0 Å². The Hall–Kier alpha value is -2.40. The van der Waals surface area contributed by atoms with E-state index in [1.54, 1.807) is 12.1 Å².